The van der Waals surface area contributed by atoms with Crippen LogP contribution in [0.4, 0.5) is 4.39 Å². The van der Waals surface area contributed by atoms with Gasteiger partial charge in [0.15, 0.2) is 5.78 Å². The Morgan fingerprint density at radius 1 is 1.36 bits per heavy atom. The van der Waals surface area contributed by atoms with Gasteiger partial charge in [-0.25, -0.2) is 4.39 Å². The van der Waals surface area contributed by atoms with Gasteiger partial charge in [-0.3, -0.25) is 9.59 Å². The summed E-state index contributed by atoms with van der Waals surface area (Å²) in [6.07, 6.45) is 1.94. The van der Waals surface area contributed by atoms with Crippen LogP contribution in [0.1, 0.15) is 24.0 Å². The minimum atomic E-state index is -1.14. The lowest BCUT2D eigenvalue weighted by Gasteiger charge is -2.27. The first-order chi connectivity index (χ1) is 10.3. The molecular weight excluding hydrogens is 285 g/mol. The molecule has 1 fully saturated rings. The van der Waals surface area contributed by atoms with Crippen molar-refractivity contribution in [2.24, 2.45) is 0 Å². The zero-order chi connectivity index (χ0) is 16.5. The fourth-order valence-corrected chi connectivity index (χ4v) is 3.07. The largest absolute Gasteiger partial charge is 0.468 e. The van der Waals surface area contributed by atoms with Gasteiger partial charge in [0, 0.05) is 32.3 Å². The average molecular weight is 305 g/mol. The number of ketones is 1. The number of allylic oxidation sites excluding steroid dienone is 1. The number of benzene rings is 1. The number of hydrogen-bond acceptors (Lipinski definition) is 4. The van der Waals surface area contributed by atoms with Crippen molar-refractivity contribution in [3.8, 4) is 0 Å². The molecule has 0 N–H and O–H groups in total. The summed E-state index contributed by atoms with van der Waals surface area (Å²) in [5.41, 5.74) is 0.320. The average Bonchev–Trinajstić information content (AvgIpc) is 2.78. The number of methoxy groups -OCH3 is 1. The Kier molecular flexibility index (Phi) is 4.35. The van der Waals surface area contributed by atoms with Gasteiger partial charge >= 0.3 is 5.97 Å². The van der Waals surface area contributed by atoms with E-state index in [0.717, 1.165) is 0 Å². The molecule has 0 aliphatic heterocycles. The number of nitrogens with zero attached hydrogens (tertiary/aromatic N) is 1. The van der Waals surface area contributed by atoms with Gasteiger partial charge in [0.2, 0.25) is 0 Å². The Morgan fingerprint density at radius 2 is 2.05 bits per heavy atom. The van der Waals surface area contributed by atoms with Gasteiger partial charge in [0.05, 0.1) is 7.11 Å². The number of rotatable bonds is 3. The lowest BCUT2D eigenvalue weighted by molar-refractivity contribution is -0.148. The lowest BCUT2D eigenvalue weighted by atomic mass is 9.76. The summed E-state index contributed by atoms with van der Waals surface area (Å²) in [6, 6.07) is 4.60. The van der Waals surface area contributed by atoms with Crippen LogP contribution in [0.3, 0.4) is 0 Å². The third-order valence-corrected chi connectivity index (χ3v) is 4.09. The monoisotopic (exact) mass is 305 g/mol. The second kappa shape index (κ2) is 5.91. The molecular formula is C17H20FNO3. The second-order valence-electron chi connectivity index (χ2n) is 5.88. The molecule has 0 bridgehead atoms. The molecule has 1 aliphatic carbocycles. The number of Topliss-reactive ketones (excluding diaryl/α,β-unsaturated/α-hetero) is 1. The van der Waals surface area contributed by atoms with E-state index in [0.29, 0.717) is 16.7 Å². The fourth-order valence-electron chi connectivity index (χ4n) is 3.07. The molecule has 0 unspecified atom stereocenters. The quantitative estimate of drug-likeness (QED) is 0.635. The summed E-state index contributed by atoms with van der Waals surface area (Å²) in [4.78, 5) is 26.5. The van der Waals surface area contributed by atoms with E-state index in [1.54, 1.807) is 30.2 Å². The van der Waals surface area contributed by atoms with Gasteiger partial charge in [-0.15, -0.1) is 0 Å². The maximum Gasteiger partial charge on any atom is 0.317 e. The number of ether oxygens (including phenoxy) is 1. The van der Waals surface area contributed by atoms with Gasteiger partial charge < -0.3 is 9.64 Å². The van der Waals surface area contributed by atoms with Crippen LogP contribution < -0.4 is 0 Å². The topological polar surface area (TPSA) is 46.6 Å². The third kappa shape index (κ3) is 2.63. The SMILES string of the molecule is COC(=O)[C@@]1(c2cccc(F)c2C)CC(=O)C(=CN(C)C)C1. The van der Waals surface area contributed by atoms with Gasteiger partial charge in [0.25, 0.3) is 0 Å². The molecule has 1 aliphatic rings. The van der Waals surface area contributed by atoms with Crippen molar-refractivity contribution in [1.29, 1.82) is 0 Å². The van der Waals surface area contributed by atoms with Crippen molar-refractivity contribution >= 4 is 11.8 Å². The molecule has 0 amide bonds. The Balaban J connectivity index is 2.60. The van der Waals surface area contributed by atoms with Crippen molar-refractivity contribution in [3.05, 3.63) is 46.9 Å². The first-order valence-electron chi connectivity index (χ1n) is 7.06. The molecule has 4 nitrogen and oxygen atoms in total. The highest BCUT2D eigenvalue weighted by Crippen LogP contribution is 2.44. The molecule has 2 rings (SSSR count). The molecule has 1 aromatic carbocycles. The summed E-state index contributed by atoms with van der Waals surface area (Å²) in [6.45, 7) is 1.62. The Hall–Kier alpha value is -2.17. The molecule has 0 saturated heterocycles. The molecule has 0 heterocycles. The van der Waals surface area contributed by atoms with Crippen LogP contribution in [0.5, 0.6) is 0 Å². The van der Waals surface area contributed by atoms with Crippen LogP contribution in [0.2, 0.25) is 0 Å². The van der Waals surface area contributed by atoms with E-state index in [1.165, 1.54) is 13.2 Å². The van der Waals surface area contributed by atoms with Crippen LogP contribution in [-0.2, 0) is 19.7 Å². The van der Waals surface area contributed by atoms with Crippen molar-refractivity contribution in [2.45, 2.75) is 25.2 Å². The summed E-state index contributed by atoms with van der Waals surface area (Å²) in [5.74, 6) is -1.00. The van der Waals surface area contributed by atoms with Crippen molar-refractivity contribution in [1.82, 2.24) is 4.90 Å². The van der Waals surface area contributed by atoms with E-state index in [1.807, 2.05) is 14.1 Å². The van der Waals surface area contributed by atoms with E-state index in [-0.39, 0.29) is 18.6 Å². The van der Waals surface area contributed by atoms with E-state index in [2.05, 4.69) is 0 Å². The Morgan fingerprint density at radius 3 is 2.64 bits per heavy atom. The lowest BCUT2D eigenvalue weighted by Crippen LogP contribution is -2.35. The van der Waals surface area contributed by atoms with Gasteiger partial charge in [0.1, 0.15) is 11.2 Å². The van der Waals surface area contributed by atoms with Gasteiger partial charge in [-0.1, -0.05) is 12.1 Å². The Bertz CT molecular complexity index is 651. The first kappa shape index (κ1) is 16.2. The predicted octanol–water partition coefficient (Wildman–Crippen LogP) is 2.35. The number of esters is 1. The second-order valence-corrected chi connectivity index (χ2v) is 5.88. The summed E-state index contributed by atoms with van der Waals surface area (Å²) in [5, 5.41) is 0. The predicted molar refractivity (Wildman–Crippen MR) is 80.8 cm³/mol. The zero-order valence-electron chi connectivity index (χ0n) is 13.3. The van der Waals surface area contributed by atoms with Crippen LogP contribution in [0.15, 0.2) is 30.0 Å². The highest BCUT2D eigenvalue weighted by Gasteiger charge is 2.50. The third-order valence-electron chi connectivity index (χ3n) is 4.09. The molecule has 0 spiro atoms. The minimum absolute atomic E-state index is 0.00361. The molecule has 118 valence electrons. The van der Waals surface area contributed by atoms with Crippen LogP contribution >= 0.6 is 0 Å². The van der Waals surface area contributed by atoms with Crippen LogP contribution in [-0.4, -0.2) is 37.9 Å². The minimum Gasteiger partial charge on any atom is -0.468 e. The first-order valence-corrected chi connectivity index (χ1v) is 7.06. The highest BCUT2D eigenvalue weighted by molar-refractivity contribution is 6.05. The zero-order valence-corrected chi connectivity index (χ0v) is 13.3. The maximum atomic E-state index is 13.9. The molecule has 1 atom stereocenters. The number of halogens is 1. The van der Waals surface area contributed by atoms with Crippen LogP contribution in [0.25, 0.3) is 0 Å². The highest BCUT2D eigenvalue weighted by atomic mass is 19.1. The molecule has 0 radical (unpaired) electrons. The van der Waals surface area contributed by atoms with E-state index in [9.17, 15) is 14.0 Å². The van der Waals surface area contributed by atoms with Crippen molar-refractivity contribution < 1.29 is 18.7 Å². The maximum absolute atomic E-state index is 13.9. The smallest absolute Gasteiger partial charge is 0.317 e. The molecule has 22 heavy (non-hydrogen) atoms. The Labute approximate surface area is 129 Å². The normalized spacial score (nSPS) is 23.0. The summed E-state index contributed by atoms with van der Waals surface area (Å²) in [7, 11) is 4.91. The number of carbonyl (C=O) groups is 2. The van der Waals surface area contributed by atoms with E-state index in [4.69, 9.17) is 4.74 Å². The standard InChI is InChI=1S/C17H20FNO3/c1-11-13(6-5-7-14(11)18)17(16(21)22-4)8-12(10-19(2)3)15(20)9-17/h5-7,10H,8-9H2,1-4H3/t17-/m1/s1. The van der Waals surface area contributed by atoms with Gasteiger partial charge in [-0.05, 0) is 30.5 Å². The summed E-state index contributed by atoms with van der Waals surface area (Å²) < 4.78 is 18.8. The number of hydrogen-bond donors (Lipinski definition) is 0. The molecule has 1 saturated carbocycles. The molecule has 5 heteroatoms. The van der Waals surface area contributed by atoms with Crippen molar-refractivity contribution in [3.63, 3.8) is 0 Å². The summed E-state index contributed by atoms with van der Waals surface area (Å²) >= 11 is 0. The van der Waals surface area contributed by atoms with Gasteiger partial charge in [-0.2, -0.15) is 0 Å². The molecule has 0 aromatic heterocycles. The van der Waals surface area contributed by atoms with Crippen LogP contribution in [0, 0.1) is 12.7 Å². The van der Waals surface area contributed by atoms with Crippen molar-refractivity contribution in [2.75, 3.05) is 21.2 Å². The molecule has 1 aromatic rings. The fraction of sp³-hybridized carbons (Fsp3) is 0.412. The van der Waals surface area contributed by atoms with E-state index < -0.39 is 17.2 Å². The van der Waals surface area contributed by atoms with E-state index >= 15 is 0 Å². The number of carbonyl (C=O) groups excluding carboxylic acids is 2.